The molecule has 3 aromatic rings. The van der Waals surface area contributed by atoms with E-state index in [4.69, 9.17) is 4.74 Å². The van der Waals surface area contributed by atoms with E-state index in [1.54, 1.807) is 9.58 Å². The average molecular weight is 579 g/mol. The number of ketones is 2. The molecular weight excluding hydrogens is 548 g/mol. The fourth-order valence-electron chi connectivity index (χ4n) is 6.37. The van der Waals surface area contributed by atoms with E-state index >= 15 is 0 Å². The van der Waals surface area contributed by atoms with Crippen molar-refractivity contribution in [2.45, 2.75) is 71.0 Å². The van der Waals surface area contributed by atoms with Gasteiger partial charge in [-0.3, -0.25) is 19.1 Å². The lowest BCUT2D eigenvalue weighted by Crippen LogP contribution is -2.45. The molecule has 2 bridgehead atoms. The summed E-state index contributed by atoms with van der Waals surface area (Å²) in [5.74, 6) is -0.270. The Morgan fingerprint density at radius 2 is 2.03 bits per heavy atom. The maximum absolute atomic E-state index is 14.0. The minimum Gasteiger partial charge on any atom is -0.381 e. The predicted octanol–water partition coefficient (Wildman–Crippen LogP) is 4.23. The lowest BCUT2D eigenvalue weighted by molar-refractivity contribution is -0.139. The first-order valence-corrected chi connectivity index (χ1v) is 14.1. The van der Waals surface area contributed by atoms with Crippen LogP contribution in [0.3, 0.4) is 0 Å². The summed E-state index contributed by atoms with van der Waals surface area (Å²) in [6.07, 6.45) is 4.31. The van der Waals surface area contributed by atoms with Crippen molar-refractivity contribution in [1.29, 1.82) is 0 Å². The Balaban J connectivity index is 1.36. The molecule has 1 saturated carbocycles. The van der Waals surface area contributed by atoms with E-state index in [0.29, 0.717) is 29.9 Å². The summed E-state index contributed by atoms with van der Waals surface area (Å²) in [6.45, 7) is 4.66. The number of Topliss-reactive ketones (excluding diaryl/α,β-unsaturated/α-hetero) is 2. The number of amides is 1. The summed E-state index contributed by atoms with van der Waals surface area (Å²) in [7, 11) is 0. The van der Waals surface area contributed by atoms with E-state index in [-0.39, 0.29) is 41.9 Å². The quantitative estimate of drug-likeness (QED) is 0.339. The van der Waals surface area contributed by atoms with Crippen molar-refractivity contribution in [1.82, 2.24) is 19.7 Å². The van der Waals surface area contributed by atoms with Crippen molar-refractivity contribution < 1.29 is 19.1 Å². The molecule has 0 spiro atoms. The molecule has 6 rings (SSSR count). The number of aryl methyl sites for hydroxylation is 2. The third-order valence-electron chi connectivity index (χ3n) is 8.43. The molecule has 1 aliphatic carbocycles. The summed E-state index contributed by atoms with van der Waals surface area (Å²) < 4.78 is 8.49. The molecule has 2 aromatic heterocycles. The van der Waals surface area contributed by atoms with Gasteiger partial charge in [0, 0.05) is 30.4 Å². The Morgan fingerprint density at radius 3 is 2.84 bits per heavy atom. The second-order valence-corrected chi connectivity index (χ2v) is 11.8. The van der Waals surface area contributed by atoms with Crippen LogP contribution in [-0.2, 0) is 33.7 Å². The smallest absolute Gasteiger partial charge is 0.245 e. The average Bonchev–Trinajstić information content (AvgIpc) is 3.28. The van der Waals surface area contributed by atoms with Crippen LogP contribution in [-0.4, -0.2) is 62.4 Å². The summed E-state index contributed by atoms with van der Waals surface area (Å²) in [6, 6.07) is 9.16. The highest BCUT2D eigenvalue weighted by molar-refractivity contribution is 9.10. The van der Waals surface area contributed by atoms with Crippen molar-refractivity contribution in [2.75, 3.05) is 13.2 Å². The van der Waals surface area contributed by atoms with Crippen LogP contribution in [0, 0.1) is 12.3 Å². The molecule has 0 unspecified atom stereocenters. The number of piperidine rings is 1. The van der Waals surface area contributed by atoms with Crippen LogP contribution in [0.4, 0.5) is 0 Å². The van der Waals surface area contributed by atoms with Gasteiger partial charge in [-0.15, -0.1) is 0 Å². The van der Waals surface area contributed by atoms with Crippen LogP contribution in [0.5, 0.6) is 0 Å². The Morgan fingerprint density at radius 1 is 1.18 bits per heavy atom. The molecule has 38 heavy (non-hydrogen) atoms. The fourth-order valence-corrected chi connectivity index (χ4v) is 6.72. The van der Waals surface area contributed by atoms with E-state index in [2.05, 4.69) is 26.0 Å². The van der Waals surface area contributed by atoms with Crippen molar-refractivity contribution in [3.05, 3.63) is 57.4 Å². The predicted molar refractivity (Wildman–Crippen MR) is 145 cm³/mol. The highest BCUT2D eigenvalue weighted by Crippen LogP contribution is 2.60. The van der Waals surface area contributed by atoms with Crippen molar-refractivity contribution >= 4 is 44.3 Å². The molecule has 0 N–H and O–H groups in total. The largest absolute Gasteiger partial charge is 0.381 e. The first-order valence-electron chi connectivity index (χ1n) is 13.3. The molecular formula is C29H31BrN4O4. The summed E-state index contributed by atoms with van der Waals surface area (Å²) >= 11 is 3.41. The van der Waals surface area contributed by atoms with Gasteiger partial charge in [0.25, 0.3) is 0 Å². The van der Waals surface area contributed by atoms with E-state index in [1.165, 1.54) is 6.92 Å². The van der Waals surface area contributed by atoms with Crippen molar-refractivity contribution in [3.8, 4) is 0 Å². The SMILES string of the molecule is CC(=O)c1nn2c3c(cccc13)CCCCOC[C@@]13C[C@@H](C(=O)Cc4nc(Br)ccc4C)N(C(=O)C2)[C@@H]1C3. The molecule has 198 valence electrons. The molecule has 4 heterocycles. The minimum atomic E-state index is -0.524. The molecule has 3 atom stereocenters. The van der Waals surface area contributed by atoms with Gasteiger partial charge < -0.3 is 9.64 Å². The topological polar surface area (TPSA) is 94.4 Å². The number of hydrogen-bond acceptors (Lipinski definition) is 6. The summed E-state index contributed by atoms with van der Waals surface area (Å²) in [5.41, 5.74) is 3.80. The van der Waals surface area contributed by atoms with E-state index in [9.17, 15) is 14.4 Å². The minimum absolute atomic E-state index is 0.00150. The van der Waals surface area contributed by atoms with Gasteiger partial charge in [-0.25, -0.2) is 4.98 Å². The number of para-hydroxylation sites is 1. The first kappa shape index (κ1) is 25.4. The standard InChI is InChI=1S/C29H31BrN4O4/c1-17-9-10-25(30)31-21(17)12-23(36)22-13-29-14-24(29)34(22)26(37)15-33-28-19(6-3-4-11-38-16-29)7-5-8-20(28)27(32-33)18(2)35/h5,7-10,22,24H,3-4,6,11-16H2,1-2H3/t22-,24+,29-/m0/s1. The van der Waals surface area contributed by atoms with Gasteiger partial charge >= 0.3 is 0 Å². The Labute approximate surface area is 229 Å². The van der Waals surface area contributed by atoms with Gasteiger partial charge in [0.05, 0.1) is 30.3 Å². The molecule has 0 radical (unpaired) electrons. The number of rotatable bonds is 4. The maximum Gasteiger partial charge on any atom is 0.245 e. The molecule has 1 amide bonds. The summed E-state index contributed by atoms with van der Waals surface area (Å²) in [4.78, 5) is 46.4. The molecule has 9 heteroatoms. The van der Waals surface area contributed by atoms with E-state index < -0.39 is 6.04 Å². The third-order valence-corrected chi connectivity index (χ3v) is 8.88. The number of aromatic nitrogens is 3. The number of carbonyl (C=O) groups excluding carboxylic acids is 3. The lowest BCUT2D eigenvalue weighted by Gasteiger charge is -2.27. The molecule has 2 aliphatic heterocycles. The van der Waals surface area contributed by atoms with Crippen LogP contribution in [0.15, 0.2) is 34.9 Å². The van der Waals surface area contributed by atoms with Gasteiger partial charge in [-0.05, 0) is 72.2 Å². The van der Waals surface area contributed by atoms with E-state index in [1.807, 2.05) is 37.3 Å². The zero-order chi connectivity index (χ0) is 26.6. The summed E-state index contributed by atoms with van der Waals surface area (Å²) in [5, 5.41) is 5.39. The molecule has 1 saturated heterocycles. The van der Waals surface area contributed by atoms with Crippen LogP contribution in [0.1, 0.15) is 59.9 Å². The molecule has 2 fully saturated rings. The number of hydrogen-bond donors (Lipinski definition) is 0. The Kier molecular flexibility index (Phi) is 6.46. The zero-order valence-corrected chi connectivity index (χ0v) is 23.3. The van der Waals surface area contributed by atoms with Gasteiger partial charge in [0.2, 0.25) is 5.91 Å². The van der Waals surface area contributed by atoms with Crippen molar-refractivity contribution in [2.24, 2.45) is 5.41 Å². The number of carbonyl (C=O) groups is 3. The monoisotopic (exact) mass is 578 g/mol. The number of halogens is 1. The number of benzene rings is 1. The van der Waals surface area contributed by atoms with Gasteiger partial charge in [-0.1, -0.05) is 24.3 Å². The second-order valence-electron chi connectivity index (χ2n) is 11.0. The van der Waals surface area contributed by atoms with Crippen LogP contribution in [0.2, 0.25) is 0 Å². The first-order chi connectivity index (χ1) is 18.3. The molecule has 8 nitrogen and oxygen atoms in total. The number of nitrogens with zero attached hydrogens (tertiary/aromatic N) is 4. The zero-order valence-electron chi connectivity index (χ0n) is 21.7. The Bertz CT molecular complexity index is 1470. The van der Waals surface area contributed by atoms with Gasteiger partial charge in [0.1, 0.15) is 16.8 Å². The van der Waals surface area contributed by atoms with Gasteiger partial charge in [0.15, 0.2) is 11.6 Å². The van der Waals surface area contributed by atoms with Crippen LogP contribution in [0.25, 0.3) is 10.9 Å². The normalized spacial score (nSPS) is 25.2. The molecule has 3 aliphatic rings. The fraction of sp³-hybridized carbons (Fsp3) is 0.483. The molecule has 1 aromatic carbocycles. The maximum atomic E-state index is 14.0. The number of pyridine rings is 1. The highest BCUT2D eigenvalue weighted by Gasteiger charge is 2.67. The highest BCUT2D eigenvalue weighted by atomic mass is 79.9. The van der Waals surface area contributed by atoms with Crippen LogP contribution >= 0.6 is 15.9 Å². The van der Waals surface area contributed by atoms with Crippen LogP contribution < -0.4 is 0 Å². The lowest BCUT2D eigenvalue weighted by atomic mass is 9.95. The second kappa shape index (κ2) is 9.68. The van der Waals surface area contributed by atoms with E-state index in [0.717, 1.165) is 53.4 Å². The van der Waals surface area contributed by atoms with Crippen molar-refractivity contribution in [3.63, 3.8) is 0 Å². The Hall–Kier alpha value is -2.91. The van der Waals surface area contributed by atoms with Gasteiger partial charge in [-0.2, -0.15) is 5.10 Å². The third kappa shape index (κ3) is 4.39. The number of ether oxygens (including phenoxy) is 1.